The van der Waals surface area contributed by atoms with E-state index >= 15 is 0 Å². The van der Waals surface area contributed by atoms with Gasteiger partial charge in [0.25, 0.3) is 0 Å². The molecule has 2 fully saturated rings. The maximum Gasteiger partial charge on any atom is 0.223 e. The summed E-state index contributed by atoms with van der Waals surface area (Å²) in [5.74, 6) is 3.03. The highest BCUT2D eigenvalue weighted by Crippen LogP contribution is 2.54. The molecule has 4 nitrogen and oxygen atoms in total. The lowest BCUT2D eigenvalue weighted by Gasteiger charge is -2.11. The number of H-pyrrole nitrogens is 1. The molecule has 2 N–H and O–H groups in total. The Hall–Kier alpha value is -1.32. The van der Waals surface area contributed by atoms with Crippen molar-refractivity contribution in [2.45, 2.75) is 25.8 Å². The van der Waals surface area contributed by atoms with Crippen LogP contribution in [-0.4, -0.2) is 15.9 Å². The van der Waals surface area contributed by atoms with Gasteiger partial charge in [0.1, 0.15) is 5.82 Å². The molecule has 0 spiro atoms. The lowest BCUT2D eigenvalue weighted by atomic mass is 10.0. The number of hydrogen-bond donors (Lipinski definition) is 2. The summed E-state index contributed by atoms with van der Waals surface area (Å²) < 4.78 is 0. The number of fused-ring (bicyclic) bond motifs is 1. The van der Waals surface area contributed by atoms with Crippen molar-refractivity contribution in [2.75, 3.05) is 0 Å². The molecule has 80 valence electrons. The summed E-state index contributed by atoms with van der Waals surface area (Å²) >= 11 is 0. The van der Waals surface area contributed by atoms with E-state index in [2.05, 4.69) is 15.3 Å². The van der Waals surface area contributed by atoms with E-state index in [9.17, 15) is 4.79 Å². The first kappa shape index (κ1) is 8.95. The number of aromatic amines is 1. The maximum atomic E-state index is 11.8. The number of rotatable bonds is 3. The molecule has 3 rings (SSSR count). The smallest absolute Gasteiger partial charge is 0.223 e. The molecule has 0 bridgehead atoms. The molecule has 0 aromatic carbocycles. The number of aromatic nitrogens is 2. The highest BCUT2D eigenvalue weighted by molar-refractivity contribution is 5.79. The Morgan fingerprint density at radius 3 is 2.93 bits per heavy atom. The molecule has 1 aromatic heterocycles. The van der Waals surface area contributed by atoms with Gasteiger partial charge < -0.3 is 10.3 Å². The van der Waals surface area contributed by atoms with Crippen molar-refractivity contribution >= 4 is 5.91 Å². The van der Waals surface area contributed by atoms with Crippen molar-refractivity contribution in [1.82, 2.24) is 15.3 Å². The molecule has 2 unspecified atom stereocenters. The van der Waals surface area contributed by atoms with Crippen LogP contribution in [0.3, 0.4) is 0 Å². The van der Waals surface area contributed by atoms with Crippen molar-refractivity contribution in [3.05, 3.63) is 18.2 Å². The quantitative estimate of drug-likeness (QED) is 0.775. The fourth-order valence-electron chi connectivity index (χ4n) is 2.64. The number of carbonyl (C=O) groups is 1. The number of imidazole rings is 1. The van der Waals surface area contributed by atoms with Crippen LogP contribution in [0.25, 0.3) is 0 Å². The number of hydrogen-bond acceptors (Lipinski definition) is 2. The summed E-state index contributed by atoms with van der Waals surface area (Å²) in [6.07, 6.45) is 7.05. The lowest BCUT2D eigenvalue weighted by Crippen LogP contribution is -2.29. The van der Waals surface area contributed by atoms with E-state index in [1.807, 2.05) is 0 Å². The van der Waals surface area contributed by atoms with E-state index in [0.29, 0.717) is 6.54 Å². The van der Waals surface area contributed by atoms with Crippen molar-refractivity contribution in [3.8, 4) is 0 Å². The molecular formula is C11H15N3O. The summed E-state index contributed by atoms with van der Waals surface area (Å²) in [6, 6.07) is 0. The number of carbonyl (C=O) groups excluding carboxylic acids is 1. The first-order valence-electron chi connectivity index (χ1n) is 5.59. The normalized spacial score (nSPS) is 32.4. The number of nitrogens with one attached hydrogen (secondary N) is 2. The van der Waals surface area contributed by atoms with Crippen LogP contribution in [0.4, 0.5) is 0 Å². The molecule has 2 saturated carbocycles. The summed E-state index contributed by atoms with van der Waals surface area (Å²) in [5.41, 5.74) is 0. The Morgan fingerprint density at radius 1 is 1.47 bits per heavy atom. The van der Waals surface area contributed by atoms with Crippen molar-refractivity contribution in [2.24, 2.45) is 17.8 Å². The van der Waals surface area contributed by atoms with E-state index < -0.39 is 0 Å². The van der Waals surface area contributed by atoms with Crippen molar-refractivity contribution in [1.29, 1.82) is 0 Å². The van der Waals surface area contributed by atoms with E-state index in [1.54, 1.807) is 12.4 Å². The number of nitrogens with zero attached hydrogens (tertiary/aromatic N) is 1. The van der Waals surface area contributed by atoms with Crippen LogP contribution in [-0.2, 0) is 11.3 Å². The Labute approximate surface area is 88.5 Å². The van der Waals surface area contributed by atoms with Gasteiger partial charge in [-0.2, -0.15) is 0 Å². The molecule has 4 heteroatoms. The topological polar surface area (TPSA) is 57.8 Å². The van der Waals surface area contributed by atoms with Gasteiger partial charge in [0.15, 0.2) is 0 Å². The molecule has 0 radical (unpaired) electrons. The molecule has 2 aliphatic carbocycles. The zero-order valence-corrected chi connectivity index (χ0v) is 8.57. The first-order chi connectivity index (χ1) is 7.33. The molecule has 1 amide bonds. The van der Waals surface area contributed by atoms with Gasteiger partial charge in [-0.15, -0.1) is 0 Å². The minimum atomic E-state index is 0.207. The molecule has 15 heavy (non-hydrogen) atoms. The fourth-order valence-corrected chi connectivity index (χ4v) is 2.64. The monoisotopic (exact) mass is 205 g/mol. The Kier molecular flexibility index (Phi) is 2.01. The van der Waals surface area contributed by atoms with Gasteiger partial charge in [-0.05, 0) is 31.1 Å². The minimum Gasteiger partial charge on any atom is -0.349 e. The van der Waals surface area contributed by atoms with Gasteiger partial charge in [-0.1, -0.05) is 0 Å². The largest absolute Gasteiger partial charge is 0.349 e. The predicted octanol–water partition coefficient (Wildman–Crippen LogP) is 1.07. The second-order valence-electron chi connectivity index (χ2n) is 4.68. The van der Waals surface area contributed by atoms with Crippen LogP contribution in [0.1, 0.15) is 25.1 Å². The third-order valence-electron chi connectivity index (χ3n) is 3.60. The molecule has 0 aliphatic heterocycles. The second-order valence-corrected chi connectivity index (χ2v) is 4.68. The molecule has 0 saturated heterocycles. The Bertz CT molecular complexity index is 350. The summed E-state index contributed by atoms with van der Waals surface area (Å²) in [6.45, 7) is 0.525. The zero-order chi connectivity index (χ0) is 10.3. The third kappa shape index (κ3) is 1.76. The lowest BCUT2D eigenvalue weighted by molar-refractivity contribution is -0.125. The fraction of sp³-hybridized carbons (Fsp3) is 0.636. The van der Waals surface area contributed by atoms with E-state index in [-0.39, 0.29) is 11.8 Å². The van der Waals surface area contributed by atoms with Gasteiger partial charge in [0, 0.05) is 18.3 Å². The van der Waals surface area contributed by atoms with E-state index in [1.165, 1.54) is 6.42 Å². The zero-order valence-electron chi connectivity index (χ0n) is 8.57. The SMILES string of the molecule is O=C(NCc1ncc[nH]1)C1CC2CC2C1. The summed E-state index contributed by atoms with van der Waals surface area (Å²) in [5, 5.41) is 2.94. The Balaban J connectivity index is 1.49. The molecule has 2 aliphatic rings. The van der Waals surface area contributed by atoms with Crippen LogP contribution in [0, 0.1) is 17.8 Å². The summed E-state index contributed by atoms with van der Waals surface area (Å²) in [7, 11) is 0. The van der Waals surface area contributed by atoms with Gasteiger partial charge >= 0.3 is 0 Å². The van der Waals surface area contributed by atoms with Crippen LogP contribution in [0.15, 0.2) is 12.4 Å². The summed E-state index contributed by atoms with van der Waals surface area (Å²) in [4.78, 5) is 18.8. The van der Waals surface area contributed by atoms with Crippen LogP contribution in [0.5, 0.6) is 0 Å². The minimum absolute atomic E-state index is 0.207. The molecule has 1 aromatic rings. The predicted molar refractivity (Wildman–Crippen MR) is 54.8 cm³/mol. The highest BCUT2D eigenvalue weighted by Gasteiger charge is 2.47. The average Bonchev–Trinajstić information content (AvgIpc) is 2.75. The Morgan fingerprint density at radius 2 is 2.27 bits per heavy atom. The maximum absolute atomic E-state index is 11.8. The number of amides is 1. The van der Waals surface area contributed by atoms with Crippen LogP contribution in [0.2, 0.25) is 0 Å². The van der Waals surface area contributed by atoms with Crippen LogP contribution >= 0.6 is 0 Å². The van der Waals surface area contributed by atoms with Crippen LogP contribution < -0.4 is 5.32 Å². The average molecular weight is 205 g/mol. The highest BCUT2D eigenvalue weighted by atomic mass is 16.1. The standard InChI is InChI=1S/C11H15N3O/c15-11(9-4-7-3-8(7)5-9)14-6-10-12-1-2-13-10/h1-2,7-9H,3-6H2,(H,12,13)(H,14,15). The van der Waals surface area contributed by atoms with Gasteiger partial charge in [-0.25, -0.2) is 4.98 Å². The molecule has 2 atom stereocenters. The van der Waals surface area contributed by atoms with E-state index in [4.69, 9.17) is 0 Å². The molecular weight excluding hydrogens is 190 g/mol. The van der Waals surface area contributed by atoms with Crippen molar-refractivity contribution in [3.63, 3.8) is 0 Å². The van der Waals surface area contributed by atoms with E-state index in [0.717, 1.165) is 30.5 Å². The van der Waals surface area contributed by atoms with Crippen molar-refractivity contribution < 1.29 is 4.79 Å². The molecule has 1 heterocycles. The van der Waals surface area contributed by atoms with Gasteiger partial charge in [-0.3, -0.25) is 4.79 Å². The first-order valence-corrected chi connectivity index (χ1v) is 5.59. The third-order valence-corrected chi connectivity index (χ3v) is 3.60. The second kappa shape index (κ2) is 3.36. The van der Waals surface area contributed by atoms with Gasteiger partial charge in [0.2, 0.25) is 5.91 Å². The van der Waals surface area contributed by atoms with Gasteiger partial charge in [0.05, 0.1) is 6.54 Å².